The molecule has 0 fully saturated rings. The quantitative estimate of drug-likeness (QED) is 0.639. The number of pyridine rings is 1. The van der Waals surface area contributed by atoms with Crippen LogP contribution in [-0.4, -0.2) is 78.5 Å². The lowest BCUT2D eigenvalue weighted by Gasteiger charge is -2.36. The molecule has 1 aromatic carbocycles. The number of methoxy groups -OCH3 is 1. The van der Waals surface area contributed by atoms with Crippen LogP contribution in [0.25, 0.3) is 0 Å². The Kier molecular flexibility index (Phi) is 10.0. The number of amides is 3. The van der Waals surface area contributed by atoms with Crippen LogP contribution < -0.4 is 10.1 Å². The number of fused-ring (bicyclic) bond motifs is 1. The van der Waals surface area contributed by atoms with Gasteiger partial charge >= 0.3 is 0 Å². The van der Waals surface area contributed by atoms with Gasteiger partial charge in [0.05, 0.1) is 24.1 Å². The summed E-state index contributed by atoms with van der Waals surface area (Å²) in [5, 5.41) is 2.85. The fourth-order valence-electron chi connectivity index (χ4n) is 4.41. The molecular weight excluding hydrogens is 472 g/mol. The number of carbonyl (C=O) groups is 3. The van der Waals surface area contributed by atoms with Crippen molar-refractivity contribution in [2.24, 2.45) is 5.92 Å². The predicted octanol–water partition coefficient (Wildman–Crippen LogP) is 3.40. The fourth-order valence-corrected chi connectivity index (χ4v) is 4.41. The monoisotopic (exact) mass is 510 g/mol. The van der Waals surface area contributed by atoms with Crippen LogP contribution in [0.2, 0.25) is 0 Å². The molecule has 9 nitrogen and oxygen atoms in total. The molecule has 37 heavy (non-hydrogen) atoms. The minimum atomic E-state index is -0.289. The number of nitrogens with one attached hydrogen (secondary N) is 1. The number of benzene rings is 1. The number of ether oxygens (including phenoxy) is 2. The van der Waals surface area contributed by atoms with Gasteiger partial charge in [0.25, 0.3) is 5.91 Å². The van der Waals surface area contributed by atoms with E-state index in [1.54, 1.807) is 43.5 Å². The van der Waals surface area contributed by atoms with Crippen LogP contribution in [0.5, 0.6) is 5.75 Å². The number of hydrogen-bond acceptors (Lipinski definition) is 6. The molecule has 0 aliphatic carbocycles. The predicted molar refractivity (Wildman–Crippen MR) is 142 cm³/mol. The van der Waals surface area contributed by atoms with Crippen molar-refractivity contribution in [1.82, 2.24) is 14.8 Å². The molecule has 1 aliphatic heterocycles. The Labute approximate surface area is 219 Å². The van der Waals surface area contributed by atoms with E-state index in [9.17, 15) is 14.4 Å². The highest BCUT2D eigenvalue weighted by Crippen LogP contribution is 2.27. The maximum Gasteiger partial charge on any atom is 0.257 e. The second-order valence-corrected chi connectivity index (χ2v) is 9.65. The van der Waals surface area contributed by atoms with Crippen LogP contribution in [-0.2, 0) is 20.7 Å². The van der Waals surface area contributed by atoms with Crippen LogP contribution in [0.1, 0.15) is 49.7 Å². The second kappa shape index (κ2) is 13.2. The van der Waals surface area contributed by atoms with Crippen LogP contribution >= 0.6 is 0 Å². The van der Waals surface area contributed by atoms with Crippen LogP contribution in [0.15, 0.2) is 42.6 Å². The van der Waals surface area contributed by atoms with Gasteiger partial charge in [0.1, 0.15) is 12.4 Å². The van der Waals surface area contributed by atoms with Gasteiger partial charge in [-0.15, -0.1) is 0 Å². The van der Waals surface area contributed by atoms with E-state index in [2.05, 4.69) is 10.3 Å². The Bertz CT molecular complexity index is 1080. The van der Waals surface area contributed by atoms with Crippen molar-refractivity contribution in [2.75, 3.05) is 39.2 Å². The summed E-state index contributed by atoms with van der Waals surface area (Å²) in [4.78, 5) is 46.7. The summed E-state index contributed by atoms with van der Waals surface area (Å²) in [5.74, 6) is -0.0357. The zero-order valence-corrected chi connectivity index (χ0v) is 22.4. The first-order chi connectivity index (χ1) is 17.7. The van der Waals surface area contributed by atoms with Gasteiger partial charge in [-0.25, -0.2) is 0 Å². The minimum absolute atomic E-state index is 0.0473. The molecule has 0 spiro atoms. The first-order valence-electron chi connectivity index (χ1n) is 12.8. The normalized spacial score (nSPS) is 20.8. The summed E-state index contributed by atoms with van der Waals surface area (Å²) in [6.07, 6.45) is 2.70. The number of rotatable bonds is 6. The van der Waals surface area contributed by atoms with E-state index in [4.69, 9.17) is 9.47 Å². The van der Waals surface area contributed by atoms with E-state index in [0.717, 1.165) is 6.42 Å². The molecule has 1 aromatic heterocycles. The average molecular weight is 511 g/mol. The van der Waals surface area contributed by atoms with Gasteiger partial charge in [0.15, 0.2) is 0 Å². The summed E-state index contributed by atoms with van der Waals surface area (Å²) >= 11 is 0. The highest BCUT2D eigenvalue weighted by Gasteiger charge is 2.30. The van der Waals surface area contributed by atoms with Gasteiger partial charge in [-0.05, 0) is 43.7 Å². The van der Waals surface area contributed by atoms with Crippen molar-refractivity contribution in [1.29, 1.82) is 0 Å². The van der Waals surface area contributed by atoms with E-state index in [1.165, 1.54) is 0 Å². The number of aromatic nitrogens is 1. The van der Waals surface area contributed by atoms with E-state index in [-0.39, 0.29) is 48.8 Å². The van der Waals surface area contributed by atoms with E-state index < -0.39 is 0 Å². The third-order valence-electron chi connectivity index (χ3n) is 6.58. The summed E-state index contributed by atoms with van der Waals surface area (Å²) < 4.78 is 11.9. The molecule has 9 heteroatoms. The number of carbonyl (C=O) groups excluding carboxylic acids is 3. The molecule has 1 N–H and O–H groups in total. The van der Waals surface area contributed by atoms with Crippen molar-refractivity contribution in [3.05, 3.63) is 53.9 Å². The zero-order chi connectivity index (χ0) is 26.9. The van der Waals surface area contributed by atoms with Gasteiger partial charge < -0.3 is 24.6 Å². The van der Waals surface area contributed by atoms with Gasteiger partial charge in [-0.3, -0.25) is 19.4 Å². The molecule has 0 saturated heterocycles. The molecule has 3 rings (SSSR count). The lowest BCUT2D eigenvalue weighted by atomic mass is 10.0. The molecule has 1 aliphatic rings. The van der Waals surface area contributed by atoms with Crippen molar-refractivity contribution >= 4 is 23.4 Å². The summed E-state index contributed by atoms with van der Waals surface area (Å²) in [6, 6.07) is 10.3. The number of hydrogen-bond donors (Lipinski definition) is 1. The molecule has 2 heterocycles. The number of nitrogens with zero attached hydrogens (tertiary/aromatic N) is 3. The molecule has 0 unspecified atom stereocenters. The Morgan fingerprint density at radius 1 is 1.19 bits per heavy atom. The van der Waals surface area contributed by atoms with E-state index in [1.807, 2.05) is 43.9 Å². The largest absolute Gasteiger partial charge is 0.491 e. The topological polar surface area (TPSA) is 101 Å². The Hall–Kier alpha value is -3.46. The summed E-state index contributed by atoms with van der Waals surface area (Å²) in [7, 11) is 3.33. The lowest BCUT2D eigenvalue weighted by molar-refractivity contribution is -0.134. The Morgan fingerprint density at radius 3 is 2.65 bits per heavy atom. The Morgan fingerprint density at radius 2 is 1.97 bits per heavy atom. The van der Waals surface area contributed by atoms with Crippen molar-refractivity contribution in [3.8, 4) is 5.75 Å². The SMILES string of the molecule is CCCC(=O)Nc1ccc2c(c1)C(=O)N(C)C[C@@H](OC)[C@H](C)CN(C(=O)Cc1ccccn1)[C@H](C)CO2. The second-order valence-electron chi connectivity index (χ2n) is 9.65. The first-order valence-corrected chi connectivity index (χ1v) is 12.8. The zero-order valence-electron chi connectivity index (χ0n) is 22.4. The van der Waals surface area contributed by atoms with Gasteiger partial charge in [0.2, 0.25) is 11.8 Å². The third kappa shape index (κ3) is 7.52. The van der Waals surface area contributed by atoms with Crippen LogP contribution in [0.3, 0.4) is 0 Å². The highest BCUT2D eigenvalue weighted by molar-refractivity contribution is 5.99. The summed E-state index contributed by atoms with van der Waals surface area (Å²) in [5.41, 5.74) is 1.58. The number of anilines is 1. The van der Waals surface area contributed by atoms with Gasteiger partial charge in [-0.1, -0.05) is 19.9 Å². The van der Waals surface area contributed by atoms with Crippen LogP contribution in [0.4, 0.5) is 5.69 Å². The van der Waals surface area contributed by atoms with E-state index in [0.29, 0.717) is 42.2 Å². The van der Waals surface area contributed by atoms with Crippen molar-refractivity contribution < 1.29 is 23.9 Å². The van der Waals surface area contributed by atoms with E-state index >= 15 is 0 Å². The molecule has 200 valence electrons. The molecule has 0 radical (unpaired) electrons. The summed E-state index contributed by atoms with van der Waals surface area (Å²) in [6.45, 7) is 6.86. The van der Waals surface area contributed by atoms with Gasteiger partial charge in [0, 0.05) is 57.2 Å². The van der Waals surface area contributed by atoms with Crippen molar-refractivity contribution in [2.45, 2.75) is 52.2 Å². The standard InChI is InChI=1S/C28H38N4O5/c1-6-9-26(33)30-22-11-12-24-23(14-22)28(35)31(4)17-25(36-5)19(2)16-32(20(3)18-37-24)27(34)15-21-10-7-8-13-29-21/h7-8,10-14,19-20,25H,6,9,15-18H2,1-5H3,(H,30,33)/t19-,20-,25-/m1/s1. The molecule has 0 saturated carbocycles. The number of likely N-dealkylation sites (N-methyl/N-ethyl adjacent to an activating group) is 1. The fraction of sp³-hybridized carbons (Fsp3) is 0.500. The third-order valence-corrected chi connectivity index (χ3v) is 6.58. The van der Waals surface area contributed by atoms with Crippen molar-refractivity contribution in [3.63, 3.8) is 0 Å². The molecule has 2 aromatic rings. The first kappa shape index (κ1) is 28.1. The molecule has 3 atom stereocenters. The maximum atomic E-state index is 13.4. The molecule has 0 bridgehead atoms. The lowest BCUT2D eigenvalue weighted by Crippen LogP contribution is -2.49. The average Bonchev–Trinajstić information content (AvgIpc) is 2.88. The smallest absolute Gasteiger partial charge is 0.257 e. The molecule has 3 amide bonds. The highest BCUT2D eigenvalue weighted by atomic mass is 16.5. The molecular formula is C28H38N4O5. The minimum Gasteiger partial charge on any atom is -0.491 e. The van der Waals surface area contributed by atoms with Gasteiger partial charge in [-0.2, -0.15) is 0 Å². The van der Waals surface area contributed by atoms with Crippen LogP contribution in [0, 0.1) is 5.92 Å². The maximum absolute atomic E-state index is 13.4. The Balaban J connectivity index is 1.92.